The van der Waals surface area contributed by atoms with E-state index >= 15 is 0 Å². The Morgan fingerprint density at radius 1 is 0.458 bits per heavy atom. The van der Waals surface area contributed by atoms with E-state index < -0.39 is 29.9 Å². The maximum absolute atomic E-state index is 13.1. The second-order valence-corrected chi connectivity index (χ2v) is 34.2. The summed E-state index contributed by atoms with van der Waals surface area (Å²) in [5.74, 6) is 0.867. The lowest BCUT2D eigenvalue weighted by atomic mass is 10.0. The van der Waals surface area contributed by atoms with Crippen LogP contribution in [0.4, 0.5) is 17.1 Å². The largest absolute Gasteiger partial charge is 0.490 e. The van der Waals surface area contributed by atoms with Crippen LogP contribution in [0.1, 0.15) is 22.8 Å². The molecule has 0 saturated carbocycles. The molecular weight excluding hydrogens is 1580 g/mol. The molecule has 19 rings (SSSR count). The number of carbonyl (C=O) groups is 1. The van der Waals surface area contributed by atoms with E-state index in [-0.39, 0.29) is 20.6 Å². The number of hydrogen-bond acceptors (Lipinski definition) is 20. The molecule has 0 spiro atoms. The number of amides is 1. The number of ether oxygens (including phenoxy) is 1. The predicted octanol–water partition coefficient (Wildman–Crippen LogP) is 14.9. The van der Waals surface area contributed by atoms with Gasteiger partial charge in [-0.25, -0.2) is 28.4 Å². The standard InChI is InChI=1S/C25H20N6O2S.C25H23N5O4S2.2C19H17N5O/c1-30(2)21-7-5-18(6-8-21)19-11-23-24(15-28-25(23)27-13-19)20-14-29-31(16-20)34(32,33)22-9-3-17(12-26)4-10-22;1-29(2)20-6-4-17(5-7-20)18-12-23-24(15-27-25(23)26-13-18)19-14-28-30(16-19)36(33,34)22-10-8-21(9-11-22)35(3,31)32;1-24-4-5-25-18-7-12(2-3-17(18)24)13-6-15-16(14-9-22-23-10-14)11-21-19(15)20-8-13;1-2-20-19(25)13-5-3-12(4-6-13)14-7-16-17(15-9-23-24-10-15)11-22-18(16)21-8-14/h3-11,13-16H,1-2H3,(H,27,28);4-16H,1-3H3,(H,26,27);2-3,6-11H,4-5H2,1H3,(H,20,21)(H,22,23);3-11H,2H2,1H3,(H,20,25)(H,21,22)(H,23,24). The Bertz CT molecular complexity index is 7190. The van der Waals surface area contributed by atoms with Crippen molar-refractivity contribution in [3.63, 3.8) is 0 Å². The van der Waals surface area contributed by atoms with Crippen molar-refractivity contribution in [2.24, 2.45) is 0 Å². The number of aromatic nitrogens is 16. The van der Waals surface area contributed by atoms with E-state index in [1.807, 2.05) is 173 Å². The Morgan fingerprint density at radius 3 is 1.23 bits per heavy atom. The number of pyridine rings is 4. The second kappa shape index (κ2) is 32.9. The number of aromatic amines is 6. The Hall–Kier alpha value is -15.1. The molecule has 0 radical (unpaired) electrons. The first-order chi connectivity index (χ1) is 57.9. The third-order valence-electron chi connectivity index (χ3n) is 20.4. The first-order valence-corrected chi connectivity index (χ1v) is 42.4. The number of nitrogens with one attached hydrogen (secondary N) is 7. The van der Waals surface area contributed by atoms with Gasteiger partial charge in [-0.05, 0) is 151 Å². The summed E-state index contributed by atoms with van der Waals surface area (Å²) < 4.78 is 83.2. The number of likely N-dealkylation sites (N-methyl/N-ethyl adjacent to an activating group) is 1. The summed E-state index contributed by atoms with van der Waals surface area (Å²) >= 11 is 0. The van der Waals surface area contributed by atoms with Gasteiger partial charge in [0, 0.05) is 215 Å². The normalized spacial score (nSPS) is 12.0. The minimum absolute atomic E-state index is 0.0426. The molecule has 120 heavy (non-hydrogen) atoms. The van der Waals surface area contributed by atoms with Crippen molar-refractivity contribution >= 4 is 97.0 Å². The number of nitriles is 1. The zero-order valence-corrected chi connectivity index (χ0v) is 68.1. The number of rotatable bonds is 17. The zero-order valence-electron chi connectivity index (χ0n) is 65.7. The number of carbonyl (C=O) groups excluding carboxylic acids is 1. The van der Waals surface area contributed by atoms with Crippen LogP contribution in [0.15, 0.2) is 278 Å². The summed E-state index contributed by atoms with van der Waals surface area (Å²) in [5, 5.41) is 37.5. The third-order valence-corrected chi connectivity index (χ3v) is 24.7. The quantitative estimate of drug-likeness (QED) is 0.0445. The van der Waals surface area contributed by atoms with Gasteiger partial charge in [0.25, 0.3) is 26.0 Å². The first-order valence-electron chi connectivity index (χ1n) is 37.7. The van der Waals surface area contributed by atoms with Gasteiger partial charge in [0.05, 0.1) is 75.7 Å². The highest BCUT2D eigenvalue weighted by atomic mass is 32.2. The molecule has 32 heteroatoms. The highest BCUT2D eigenvalue weighted by molar-refractivity contribution is 7.91. The lowest BCUT2D eigenvalue weighted by molar-refractivity contribution is 0.0955. The fourth-order valence-corrected chi connectivity index (χ4v) is 16.7. The van der Waals surface area contributed by atoms with Crippen LogP contribution in [0, 0.1) is 11.3 Å². The molecule has 0 aliphatic carbocycles. The van der Waals surface area contributed by atoms with Crippen LogP contribution in [-0.4, -0.2) is 171 Å². The fraction of sp³-hybridized carbons (Fsp3) is 0.114. The maximum atomic E-state index is 13.1. The molecule has 1 aliphatic rings. The van der Waals surface area contributed by atoms with Crippen molar-refractivity contribution in [2.75, 3.05) is 75.9 Å². The van der Waals surface area contributed by atoms with Crippen LogP contribution in [0.2, 0.25) is 0 Å². The topological polar surface area (TPSA) is 382 Å². The molecule has 7 N–H and O–H groups in total. The Labute approximate surface area is 689 Å². The van der Waals surface area contributed by atoms with Gasteiger partial charge in [0.2, 0.25) is 0 Å². The molecule has 1 aliphatic heterocycles. The summed E-state index contributed by atoms with van der Waals surface area (Å²) in [7, 11) is -1.27. The maximum Gasteiger partial charge on any atom is 0.282 e. The van der Waals surface area contributed by atoms with Gasteiger partial charge in [-0.3, -0.25) is 15.0 Å². The van der Waals surface area contributed by atoms with Crippen LogP contribution in [0.3, 0.4) is 0 Å². The molecule has 1 amide bonds. The number of fused-ring (bicyclic) bond motifs is 5. The van der Waals surface area contributed by atoms with Gasteiger partial charge in [0.1, 0.15) is 34.9 Å². The molecule has 13 heterocycles. The lowest BCUT2D eigenvalue weighted by Gasteiger charge is -2.28. The van der Waals surface area contributed by atoms with E-state index in [1.54, 1.807) is 24.8 Å². The smallest absolute Gasteiger partial charge is 0.282 e. The van der Waals surface area contributed by atoms with Gasteiger partial charge in [-0.1, -0.05) is 42.5 Å². The molecule has 0 bridgehead atoms. The molecule has 18 aromatic rings. The van der Waals surface area contributed by atoms with Gasteiger partial charge in [0.15, 0.2) is 9.84 Å². The fourth-order valence-electron chi connectivity index (χ4n) is 13.8. The average Bonchev–Trinajstić information content (AvgIpc) is 1.62. The monoisotopic (exact) mass is 1650 g/mol. The Morgan fingerprint density at radius 2 is 0.842 bits per heavy atom. The van der Waals surface area contributed by atoms with Gasteiger partial charge in [-0.2, -0.15) is 50.7 Å². The Kier molecular flexibility index (Phi) is 21.6. The summed E-state index contributed by atoms with van der Waals surface area (Å²) in [4.78, 5) is 49.1. The van der Waals surface area contributed by atoms with E-state index in [2.05, 4.69) is 130 Å². The van der Waals surface area contributed by atoms with Gasteiger partial charge in [-0.15, -0.1) is 0 Å². The number of hydrogen-bond donors (Lipinski definition) is 7. The van der Waals surface area contributed by atoms with E-state index in [0.717, 1.165) is 155 Å². The van der Waals surface area contributed by atoms with Gasteiger partial charge >= 0.3 is 0 Å². The molecular formula is C88H77N21O8S3. The number of H-pyrrole nitrogens is 6. The predicted molar refractivity (Wildman–Crippen MR) is 465 cm³/mol. The van der Waals surface area contributed by atoms with Crippen LogP contribution < -0.4 is 24.8 Å². The molecule has 29 nitrogen and oxygen atoms in total. The summed E-state index contributed by atoms with van der Waals surface area (Å²) in [6.45, 7) is 4.15. The molecule has 0 fully saturated rings. The van der Waals surface area contributed by atoms with Crippen molar-refractivity contribution in [1.82, 2.24) is 84.0 Å². The van der Waals surface area contributed by atoms with Crippen molar-refractivity contribution in [2.45, 2.75) is 21.6 Å². The SMILES string of the molecule is CCNC(=O)c1ccc(-c2cnc3[nH]cc(-c4cn[nH]c4)c3c2)cc1.CN(C)c1ccc(-c2cnc3[nH]cc(-c4cnn(S(=O)(=O)c5ccc(C#N)cc5)c4)c3c2)cc1.CN(C)c1ccc(-c2cnc3[nH]cc(-c4cnn(S(=O)(=O)c5ccc(S(C)(=O)=O)cc5)c4)c3c2)cc1.CN1CCOc2cc(-c3cnc4[nH]cc(-c5cn[nH]c5)c4c3)ccc21. The lowest BCUT2D eigenvalue weighted by Crippen LogP contribution is -2.28. The summed E-state index contributed by atoms with van der Waals surface area (Å²) in [6, 6.07) is 51.3. The summed E-state index contributed by atoms with van der Waals surface area (Å²) in [6.07, 6.45) is 29.1. The van der Waals surface area contributed by atoms with Gasteiger partial charge < -0.3 is 44.7 Å². The van der Waals surface area contributed by atoms with Crippen LogP contribution in [0.25, 0.3) is 133 Å². The molecule has 600 valence electrons. The molecule has 12 aromatic heterocycles. The summed E-state index contributed by atoms with van der Waals surface area (Å²) in [5.41, 5.74) is 22.6. The molecule has 0 saturated heterocycles. The number of sulfone groups is 1. The minimum atomic E-state index is -4.01. The number of benzene rings is 6. The number of nitrogens with zero attached hydrogens (tertiary/aromatic N) is 14. The first kappa shape index (κ1) is 78.8. The second-order valence-electron chi connectivity index (χ2n) is 28.6. The highest BCUT2D eigenvalue weighted by Crippen LogP contribution is 2.39. The minimum Gasteiger partial charge on any atom is -0.490 e. The van der Waals surface area contributed by atoms with Crippen LogP contribution >= 0.6 is 0 Å². The van der Waals surface area contributed by atoms with Crippen molar-refractivity contribution in [1.29, 1.82) is 5.26 Å². The Balaban J connectivity index is 0.000000121. The van der Waals surface area contributed by atoms with Crippen LogP contribution in [-0.2, 0) is 29.9 Å². The highest BCUT2D eigenvalue weighted by Gasteiger charge is 2.25. The van der Waals surface area contributed by atoms with Crippen molar-refractivity contribution in [3.05, 3.63) is 274 Å². The van der Waals surface area contributed by atoms with Crippen molar-refractivity contribution < 1.29 is 34.8 Å². The van der Waals surface area contributed by atoms with Crippen LogP contribution in [0.5, 0.6) is 5.75 Å². The van der Waals surface area contributed by atoms with E-state index in [0.29, 0.717) is 46.7 Å². The van der Waals surface area contributed by atoms with Crippen molar-refractivity contribution in [3.8, 4) is 101 Å². The molecule has 0 atom stereocenters. The number of anilines is 3. The van der Waals surface area contributed by atoms with E-state index in [9.17, 15) is 30.0 Å². The van der Waals surface area contributed by atoms with E-state index in [1.165, 1.54) is 73.3 Å². The molecule has 0 unspecified atom stereocenters. The average molecular weight is 1650 g/mol. The van der Waals surface area contributed by atoms with E-state index in [4.69, 9.17) is 10.00 Å². The third kappa shape index (κ3) is 16.2. The zero-order chi connectivity index (χ0) is 83.6. The molecule has 6 aromatic carbocycles.